The second-order valence-electron chi connectivity index (χ2n) is 17.6. The molecule has 318 valence electrons. The number of fused-ring (bicyclic) bond motifs is 10. The molecule has 0 bridgehead atoms. The maximum atomic E-state index is 7.04. The summed E-state index contributed by atoms with van der Waals surface area (Å²) in [4.78, 5) is 4.69. The van der Waals surface area contributed by atoms with Crippen molar-refractivity contribution in [2.45, 2.75) is 0 Å². The Balaban J connectivity index is 0.921. The van der Waals surface area contributed by atoms with Gasteiger partial charge < -0.3 is 19.0 Å². The summed E-state index contributed by atoms with van der Waals surface area (Å²) < 4.78 is 13.8. The molecular weight excluding hydrogens is 829 g/mol. The zero-order valence-electron chi connectivity index (χ0n) is 36.8. The molecule has 1 aromatic heterocycles. The molecule has 0 radical (unpaired) electrons. The summed E-state index contributed by atoms with van der Waals surface area (Å²) in [5.41, 5.74) is 12.4. The molecule has 0 aliphatic carbocycles. The summed E-state index contributed by atoms with van der Waals surface area (Å²) in [5.74, 6) is 1.64. The minimum Gasteiger partial charge on any atom is -0.456 e. The van der Waals surface area contributed by atoms with Gasteiger partial charge in [0.15, 0.2) is 5.58 Å². The number of furan rings is 1. The second-order valence-corrected chi connectivity index (χ2v) is 17.6. The van der Waals surface area contributed by atoms with Gasteiger partial charge in [-0.25, -0.2) is 0 Å². The van der Waals surface area contributed by atoms with Gasteiger partial charge in [-0.3, -0.25) is 0 Å². The van der Waals surface area contributed by atoms with E-state index in [0.29, 0.717) is 0 Å². The molecule has 0 saturated carbocycles. The quantitative estimate of drug-likeness (QED) is 0.149. The third kappa shape index (κ3) is 6.01. The minimum absolute atomic E-state index is 0.803. The van der Waals surface area contributed by atoms with E-state index >= 15 is 0 Å². The van der Waals surface area contributed by atoms with E-state index in [1.807, 2.05) is 12.1 Å². The number of hydrogen-bond donors (Lipinski definition) is 0. The van der Waals surface area contributed by atoms with Gasteiger partial charge >= 0.3 is 0 Å². The van der Waals surface area contributed by atoms with Crippen LogP contribution in [0.2, 0.25) is 0 Å². The molecule has 1 aliphatic rings. The lowest BCUT2D eigenvalue weighted by molar-refractivity contribution is 0.487. The van der Waals surface area contributed by atoms with Crippen molar-refractivity contribution in [3.63, 3.8) is 0 Å². The first-order valence-corrected chi connectivity index (χ1v) is 23.2. The molecule has 0 atom stereocenters. The fourth-order valence-electron chi connectivity index (χ4n) is 10.7. The van der Waals surface area contributed by atoms with Gasteiger partial charge in [-0.15, -0.1) is 0 Å². The molecule has 0 amide bonds. The summed E-state index contributed by atoms with van der Waals surface area (Å²) in [6.45, 7) is 0. The lowest BCUT2D eigenvalue weighted by Crippen LogP contribution is -2.12. The fourth-order valence-corrected chi connectivity index (χ4v) is 10.7. The molecule has 0 saturated heterocycles. The van der Waals surface area contributed by atoms with Crippen LogP contribution < -0.4 is 14.5 Å². The van der Waals surface area contributed by atoms with E-state index in [4.69, 9.17) is 9.15 Å². The van der Waals surface area contributed by atoms with Gasteiger partial charge in [-0.1, -0.05) is 158 Å². The Kier molecular flexibility index (Phi) is 8.55. The Bertz CT molecular complexity index is 4140. The van der Waals surface area contributed by atoms with E-state index in [9.17, 15) is 0 Å². The summed E-state index contributed by atoms with van der Waals surface area (Å²) in [6, 6.07) is 86.8. The summed E-state index contributed by atoms with van der Waals surface area (Å²) >= 11 is 0. The molecule has 0 unspecified atom stereocenters. The normalized spacial score (nSPS) is 11.9. The molecule has 1 aliphatic heterocycles. The Labute approximate surface area is 392 Å². The van der Waals surface area contributed by atoms with Crippen LogP contribution in [0.15, 0.2) is 247 Å². The predicted molar refractivity (Wildman–Crippen MR) is 284 cm³/mol. The van der Waals surface area contributed by atoms with Crippen molar-refractivity contribution in [2.75, 3.05) is 9.80 Å². The number of rotatable bonds is 7. The highest BCUT2D eigenvalue weighted by atomic mass is 16.5. The monoisotopic (exact) mass is 868 g/mol. The number of ether oxygens (including phenoxy) is 1. The van der Waals surface area contributed by atoms with Crippen molar-refractivity contribution in [1.82, 2.24) is 0 Å². The maximum Gasteiger partial charge on any atom is 0.159 e. The SMILES string of the molecule is c1ccc(-c2ccccc2N(c2ccc3c(c2)Oc2cccc4c2c-3cc2ccc(N(c3ccccc3)c3ccc5c(ccc6ccccc65)c3)cc24)c2cccc3c2oc2ccccc23)cc1. The molecule has 2 heterocycles. The van der Waals surface area contributed by atoms with E-state index in [2.05, 4.69) is 240 Å². The molecule has 13 aromatic rings. The first-order chi connectivity index (χ1) is 33.7. The van der Waals surface area contributed by atoms with Gasteiger partial charge in [0.25, 0.3) is 0 Å². The third-order valence-corrected chi connectivity index (χ3v) is 13.8. The first-order valence-electron chi connectivity index (χ1n) is 23.2. The van der Waals surface area contributed by atoms with E-state index in [-0.39, 0.29) is 0 Å². The van der Waals surface area contributed by atoms with Crippen molar-refractivity contribution >= 4 is 99.2 Å². The Morgan fingerprint density at radius 2 is 0.926 bits per heavy atom. The Morgan fingerprint density at radius 3 is 1.84 bits per heavy atom. The van der Waals surface area contributed by atoms with Crippen molar-refractivity contribution < 1.29 is 9.15 Å². The molecule has 12 aromatic carbocycles. The van der Waals surface area contributed by atoms with Gasteiger partial charge in [0.1, 0.15) is 17.1 Å². The summed E-state index contributed by atoms with van der Waals surface area (Å²) in [6.07, 6.45) is 0. The highest BCUT2D eigenvalue weighted by Crippen LogP contribution is 2.53. The van der Waals surface area contributed by atoms with E-state index < -0.39 is 0 Å². The summed E-state index contributed by atoms with van der Waals surface area (Å²) in [5, 5.41) is 11.7. The van der Waals surface area contributed by atoms with Gasteiger partial charge in [0, 0.05) is 50.4 Å². The average Bonchev–Trinajstić information content (AvgIpc) is 3.79. The van der Waals surface area contributed by atoms with Gasteiger partial charge in [0.2, 0.25) is 0 Å². The van der Waals surface area contributed by atoms with E-state index in [1.54, 1.807) is 0 Å². The Morgan fingerprint density at radius 1 is 0.294 bits per heavy atom. The van der Waals surface area contributed by atoms with Gasteiger partial charge in [-0.05, 0) is 128 Å². The van der Waals surface area contributed by atoms with Gasteiger partial charge in [-0.2, -0.15) is 0 Å². The smallest absolute Gasteiger partial charge is 0.159 e. The maximum absolute atomic E-state index is 7.04. The number of benzene rings is 12. The number of nitrogens with zero attached hydrogens (tertiary/aromatic N) is 2. The summed E-state index contributed by atoms with van der Waals surface area (Å²) in [7, 11) is 0. The standard InChI is InChI=1S/C64H40N2O2/c1-3-15-41(16-4-1)51-21-9-11-25-58(51)66(59-26-13-24-55-52-22-10-12-27-60(52)68-64(55)59)48-34-36-53-57-38-44-31-32-47(39-56(44)54-23-14-28-61(63(54)57)67-62(53)40-48)65(45-18-5-2-6-19-45)46-33-35-50-43(37-46)30-29-42-17-7-8-20-49(42)50/h1-40H. The Hall–Kier alpha value is -9.12. The van der Waals surface area contributed by atoms with Crippen LogP contribution in [0, 0.1) is 0 Å². The highest BCUT2D eigenvalue weighted by molar-refractivity contribution is 6.18. The molecule has 14 rings (SSSR count). The molecule has 68 heavy (non-hydrogen) atoms. The minimum atomic E-state index is 0.803. The van der Waals surface area contributed by atoms with Crippen LogP contribution in [0.5, 0.6) is 11.5 Å². The van der Waals surface area contributed by atoms with E-state index in [1.165, 1.54) is 32.3 Å². The molecule has 0 fully saturated rings. The number of anilines is 6. The lowest BCUT2D eigenvalue weighted by Gasteiger charge is -2.30. The van der Waals surface area contributed by atoms with Crippen molar-refractivity contribution in [3.8, 4) is 33.8 Å². The van der Waals surface area contributed by atoms with Crippen LogP contribution >= 0.6 is 0 Å². The number of hydrogen-bond acceptors (Lipinski definition) is 4. The third-order valence-electron chi connectivity index (χ3n) is 13.8. The van der Waals surface area contributed by atoms with Crippen LogP contribution in [0.25, 0.3) is 87.3 Å². The topological polar surface area (TPSA) is 28.9 Å². The van der Waals surface area contributed by atoms with Crippen molar-refractivity contribution in [3.05, 3.63) is 243 Å². The largest absolute Gasteiger partial charge is 0.456 e. The predicted octanol–water partition coefficient (Wildman–Crippen LogP) is 18.6. The van der Waals surface area contributed by atoms with Crippen molar-refractivity contribution in [1.29, 1.82) is 0 Å². The molecule has 4 heteroatoms. The zero-order chi connectivity index (χ0) is 44.7. The molecule has 4 nitrogen and oxygen atoms in total. The number of para-hydroxylation sites is 4. The second kappa shape index (κ2) is 15.2. The van der Waals surface area contributed by atoms with Crippen molar-refractivity contribution in [2.24, 2.45) is 0 Å². The van der Waals surface area contributed by atoms with Crippen LogP contribution in [0.1, 0.15) is 0 Å². The van der Waals surface area contributed by atoms with Crippen LogP contribution in [0.4, 0.5) is 34.1 Å². The molecular formula is C64H40N2O2. The van der Waals surface area contributed by atoms with E-state index in [0.717, 1.165) is 101 Å². The first kappa shape index (κ1) is 38.2. The zero-order valence-corrected chi connectivity index (χ0v) is 36.8. The fraction of sp³-hybridized carbons (Fsp3) is 0. The van der Waals surface area contributed by atoms with Crippen LogP contribution in [0.3, 0.4) is 0 Å². The van der Waals surface area contributed by atoms with Crippen LogP contribution in [-0.2, 0) is 0 Å². The molecule has 0 spiro atoms. The highest BCUT2D eigenvalue weighted by Gasteiger charge is 2.27. The van der Waals surface area contributed by atoms with Crippen LogP contribution in [-0.4, -0.2) is 0 Å². The average molecular weight is 869 g/mol. The molecule has 0 N–H and O–H groups in total. The van der Waals surface area contributed by atoms with Gasteiger partial charge in [0.05, 0.1) is 17.1 Å². The lowest BCUT2D eigenvalue weighted by atomic mass is 9.90.